The summed E-state index contributed by atoms with van der Waals surface area (Å²) in [6, 6.07) is 12.2. The summed E-state index contributed by atoms with van der Waals surface area (Å²) in [5.74, 6) is 1.34. The number of hydrogen-bond acceptors (Lipinski definition) is 5. The Morgan fingerprint density at radius 1 is 1.17 bits per heavy atom. The van der Waals surface area contributed by atoms with Crippen molar-refractivity contribution in [1.82, 2.24) is 0 Å². The van der Waals surface area contributed by atoms with E-state index < -0.39 is 9.84 Å². The van der Waals surface area contributed by atoms with Crippen LogP contribution in [0.4, 0.5) is 5.69 Å². The van der Waals surface area contributed by atoms with E-state index >= 15 is 0 Å². The molecule has 2 aromatic carbocycles. The number of anilines is 1. The summed E-state index contributed by atoms with van der Waals surface area (Å²) >= 11 is 0. The minimum atomic E-state index is -3.32. The van der Waals surface area contributed by atoms with Gasteiger partial charge in [-0.1, -0.05) is 6.07 Å². The van der Waals surface area contributed by atoms with Crippen LogP contribution in [0.5, 0.6) is 11.5 Å². The van der Waals surface area contributed by atoms with Crippen LogP contribution in [0.3, 0.4) is 0 Å². The Morgan fingerprint density at radius 2 is 1.97 bits per heavy atom. The van der Waals surface area contributed by atoms with Crippen molar-refractivity contribution in [3.63, 3.8) is 0 Å². The Kier molecular flexibility index (Phi) is 6.44. The number of sulfone groups is 1. The molecule has 7 nitrogen and oxygen atoms in total. The summed E-state index contributed by atoms with van der Waals surface area (Å²) in [7, 11) is -0.0734. The number of quaternary nitrogens is 1. The Balaban J connectivity index is 1.72. The zero-order chi connectivity index (χ0) is 21.0. The van der Waals surface area contributed by atoms with Crippen molar-refractivity contribution in [2.75, 3.05) is 38.9 Å². The summed E-state index contributed by atoms with van der Waals surface area (Å²) in [6.07, 6.45) is 3.13. The van der Waals surface area contributed by atoms with Gasteiger partial charge in [0.05, 0.1) is 31.2 Å². The summed E-state index contributed by atoms with van der Waals surface area (Å²) in [6.45, 7) is 1.18. The topological polar surface area (TPSA) is 86.1 Å². The number of carbonyl (C=O) groups is 1. The van der Waals surface area contributed by atoms with Crippen molar-refractivity contribution in [2.24, 2.45) is 0 Å². The van der Waals surface area contributed by atoms with Crippen LogP contribution in [0.15, 0.2) is 47.4 Å². The molecule has 1 saturated heterocycles. The SMILES string of the molecule is COc1ccc([C@H]2CCC[NH+]2CC(=O)Nc2cccc(S(C)(=O)=O)c2)c(OC)c1. The van der Waals surface area contributed by atoms with Gasteiger partial charge in [0.15, 0.2) is 16.4 Å². The number of rotatable bonds is 7. The Hall–Kier alpha value is -2.58. The fourth-order valence-corrected chi connectivity index (χ4v) is 4.49. The molecule has 2 N–H and O–H groups in total. The van der Waals surface area contributed by atoms with E-state index in [1.165, 1.54) is 12.1 Å². The van der Waals surface area contributed by atoms with Crippen molar-refractivity contribution in [3.05, 3.63) is 48.0 Å². The van der Waals surface area contributed by atoms with Crippen LogP contribution in [-0.2, 0) is 14.6 Å². The van der Waals surface area contributed by atoms with Gasteiger partial charge in [-0.25, -0.2) is 8.42 Å². The average molecular weight is 420 g/mol. The second-order valence-corrected chi connectivity index (χ2v) is 9.25. The van der Waals surface area contributed by atoms with E-state index in [1.807, 2.05) is 18.2 Å². The minimum Gasteiger partial charge on any atom is -0.497 e. The van der Waals surface area contributed by atoms with Crippen LogP contribution in [0, 0.1) is 0 Å². The maximum atomic E-state index is 12.6. The van der Waals surface area contributed by atoms with E-state index in [4.69, 9.17) is 9.47 Å². The molecule has 1 aliphatic heterocycles. The van der Waals surface area contributed by atoms with Crippen LogP contribution >= 0.6 is 0 Å². The molecule has 29 heavy (non-hydrogen) atoms. The van der Waals surface area contributed by atoms with Crippen molar-refractivity contribution < 1.29 is 27.6 Å². The lowest BCUT2D eigenvalue weighted by molar-refractivity contribution is -0.910. The van der Waals surface area contributed by atoms with Gasteiger partial charge in [0.25, 0.3) is 5.91 Å². The molecule has 1 amide bonds. The van der Waals surface area contributed by atoms with Gasteiger partial charge in [0.2, 0.25) is 0 Å². The van der Waals surface area contributed by atoms with Gasteiger partial charge < -0.3 is 19.7 Å². The molecule has 3 rings (SSSR count). The summed E-state index contributed by atoms with van der Waals surface area (Å²) in [5, 5.41) is 2.82. The molecule has 1 unspecified atom stereocenters. The summed E-state index contributed by atoms with van der Waals surface area (Å²) in [5.41, 5.74) is 1.54. The van der Waals surface area contributed by atoms with Crippen LogP contribution < -0.4 is 19.7 Å². The highest BCUT2D eigenvalue weighted by atomic mass is 32.2. The zero-order valence-corrected chi connectivity index (χ0v) is 17.7. The number of benzene rings is 2. The molecule has 156 valence electrons. The highest BCUT2D eigenvalue weighted by molar-refractivity contribution is 7.90. The second-order valence-electron chi connectivity index (χ2n) is 7.24. The summed E-state index contributed by atoms with van der Waals surface area (Å²) in [4.78, 5) is 14.0. The van der Waals surface area contributed by atoms with Crippen molar-refractivity contribution in [1.29, 1.82) is 0 Å². The van der Waals surface area contributed by atoms with Gasteiger partial charge in [-0.15, -0.1) is 0 Å². The van der Waals surface area contributed by atoms with E-state index in [0.717, 1.165) is 47.6 Å². The normalized spacial score (nSPS) is 19.0. The molecule has 1 heterocycles. The largest absolute Gasteiger partial charge is 0.497 e. The molecule has 0 spiro atoms. The molecule has 2 atom stereocenters. The van der Waals surface area contributed by atoms with Gasteiger partial charge in [-0.2, -0.15) is 0 Å². The van der Waals surface area contributed by atoms with E-state index in [2.05, 4.69) is 5.32 Å². The molecule has 0 bridgehead atoms. The second kappa shape index (κ2) is 8.84. The molecule has 1 fully saturated rings. The van der Waals surface area contributed by atoms with Crippen LogP contribution in [-0.4, -0.2) is 47.9 Å². The maximum absolute atomic E-state index is 12.6. The quantitative estimate of drug-likeness (QED) is 0.710. The van der Waals surface area contributed by atoms with E-state index in [-0.39, 0.29) is 16.8 Å². The highest BCUT2D eigenvalue weighted by Gasteiger charge is 2.33. The first-order valence-corrected chi connectivity index (χ1v) is 11.4. The Bertz CT molecular complexity index is 990. The third kappa shape index (κ3) is 5.07. The van der Waals surface area contributed by atoms with Crippen molar-refractivity contribution in [3.8, 4) is 11.5 Å². The van der Waals surface area contributed by atoms with Gasteiger partial charge in [0.1, 0.15) is 17.5 Å². The number of ether oxygens (including phenoxy) is 2. The third-order valence-electron chi connectivity index (χ3n) is 5.23. The highest BCUT2D eigenvalue weighted by Crippen LogP contribution is 2.31. The lowest BCUT2D eigenvalue weighted by atomic mass is 10.0. The molecule has 8 heteroatoms. The van der Waals surface area contributed by atoms with E-state index in [9.17, 15) is 13.2 Å². The standard InChI is InChI=1S/C21H26N2O5S/c1-27-16-9-10-18(20(13-16)28-2)19-8-5-11-23(19)14-21(24)22-15-6-4-7-17(12-15)29(3,25)26/h4,6-7,9-10,12-13,19H,5,8,11,14H2,1-3H3,(H,22,24)/p+1/t19-/m1/s1. The third-order valence-corrected chi connectivity index (χ3v) is 6.34. The fraction of sp³-hybridized carbons (Fsp3) is 0.381. The Labute approximate surface area is 171 Å². The summed E-state index contributed by atoms with van der Waals surface area (Å²) < 4.78 is 34.3. The van der Waals surface area contributed by atoms with Crippen molar-refractivity contribution >= 4 is 21.4 Å². The van der Waals surface area contributed by atoms with E-state index in [0.29, 0.717) is 12.2 Å². The van der Waals surface area contributed by atoms with Gasteiger partial charge in [0, 0.05) is 30.9 Å². The van der Waals surface area contributed by atoms with E-state index in [1.54, 1.807) is 26.4 Å². The van der Waals surface area contributed by atoms with Crippen molar-refractivity contribution in [2.45, 2.75) is 23.8 Å². The fourth-order valence-electron chi connectivity index (χ4n) is 3.82. The molecular formula is C21H27N2O5S+. The van der Waals surface area contributed by atoms with Gasteiger partial charge in [-0.3, -0.25) is 4.79 Å². The molecule has 0 saturated carbocycles. The predicted molar refractivity (Wildman–Crippen MR) is 110 cm³/mol. The smallest absolute Gasteiger partial charge is 0.279 e. The molecule has 0 aromatic heterocycles. The Morgan fingerprint density at radius 3 is 2.66 bits per heavy atom. The number of methoxy groups -OCH3 is 2. The van der Waals surface area contributed by atoms with Gasteiger partial charge >= 0.3 is 0 Å². The first-order valence-electron chi connectivity index (χ1n) is 9.48. The van der Waals surface area contributed by atoms with Crippen LogP contribution in [0.25, 0.3) is 0 Å². The lowest BCUT2D eigenvalue weighted by Crippen LogP contribution is -3.11. The number of amides is 1. The predicted octanol–water partition coefficient (Wildman–Crippen LogP) is 1.47. The van der Waals surface area contributed by atoms with Gasteiger partial charge in [-0.05, 0) is 30.3 Å². The number of likely N-dealkylation sites (tertiary alicyclic amines) is 1. The number of hydrogen-bond donors (Lipinski definition) is 2. The molecular weight excluding hydrogens is 392 g/mol. The molecule has 0 aliphatic carbocycles. The first-order chi connectivity index (χ1) is 13.8. The average Bonchev–Trinajstić information content (AvgIpc) is 3.14. The number of nitrogens with one attached hydrogen (secondary N) is 2. The first kappa shape index (κ1) is 21.1. The minimum absolute atomic E-state index is 0.148. The monoisotopic (exact) mass is 419 g/mol. The molecule has 2 aromatic rings. The lowest BCUT2D eigenvalue weighted by Gasteiger charge is -2.23. The van der Waals surface area contributed by atoms with Crippen LogP contribution in [0.2, 0.25) is 0 Å². The van der Waals surface area contributed by atoms with Crippen LogP contribution in [0.1, 0.15) is 24.4 Å². The molecule has 0 radical (unpaired) electrons. The number of carbonyl (C=O) groups excluding carboxylic acids is 1. The maximum Gasteiger partial charge on any atom is 0.279 e. The zero-order valence-electron chi connectivity index (χ0n) is 16.9. The molecule has 1 aliphatic rings.